The van der Waals surface area contributed by atoms with E-state index in [-0.39, 0.29) is 25.1 Å². The van der Waals surface area contributed by atoms with Gasteiger partial charge in [-0.3, -0.25) is 19.3 Å². The first-order chi connectivity index (χ1) is 19.7. The van der Waals surface area contributed by atoms with Crippen LogP contribution >= 0.6 is 0 Å². The molecule has 0 aromatic heterocycles. The van der Waals surface area contributed by atoms with Gasteiger partial charge in [-0.15, -0.1) is 0 Å². The third kappa shape index (κ3) is 6.72. The molecule has 222 valence electrons. The van der Waals surface area contributed by atoms with Gasteiger partial charge in [0.15, 0.2) is 5.60 Å². The molecule has 1 aromatic carbocycles. The van der Waals surface area contributed by atoms with Gasteiger partial charge < -0.3 is 24.9 Å². The second-order valence-corrected chi connectivity index (χ2v) is 11.9. The molecule has 2 N–H and O–H groups in total. The minimum atomic E-state index is -0.986. The largest absolute Gasteiger partial charge is 0.444 e. The number of benzene rings is 1. The number of ether oxygens (including phenoxy) is 2. The van der Waals surface area contributed by atoms with Gasteiger partial charge in [0.1, 0.15) is 12.1 Å². The first-order valence-corrected chi connectivity index (χ1v) is 14.7. The molecule has 1 aliphatic carbocycles. The van der Waals surface area contributed by atoms with E-state index in [2.05, 4.69) is 41.8 Å². The Morgan fingerprint density at radius 1 is 1.15 bits per heavy atom. The van der Waals surface area contributed by atoms with Gasteiger partial charge >= 0.3 is 6.09 Å². The van der Waals surface area contributed by atoms with Gasteiger partial charge in [-0.1, -0.05) is 56.6 Å². The van der Waals surface area contributed by atoms with Crippen LogP contribution in [-0.2, 0) is 28.7 Å². The maximum Gasteiger partial charge on any atom is 0.410 e. The van der Waals surface area contributed by atoms with Crippen LogP contribution in [0.4, 0.5) is 4.79 Å². The molecule has 0 unspecified atom stereocenters. The van der Waals surface area contributed by atoms with Crippen molar-refractivity contribution in [3.05, 3.63) is 35.4 Å². The summed E-state index contributed by atoms with van der Waals surface area (Å²) in [6.07, 6.45) is 2.74. The highest BCUT2D eigenvalue weighted by atomic mass is 16.7. The standard InChI is InChI=1S/C30H40N4O7/c1-4-5-23(26(35)28(37)31-21-10-11-21)32-27(36)25-15-30(17-34(25)29(38)40-22-12-13-39-16-22)14-24(33-41-30)20-8-6-19(7-9-20)18(2)3/h6-9,18,21-23,25H,4-5,10-17H2,1-3H3,(H,31,37)(H,32,36)/t22-,23-,25-,30+/m0/s1. The summed E-state index contributed by atoms with van der Waals surface area (Å²) < 4.78 is 11.0. The van der Waals surface area contributed by atoms with Crippen LogP contribution in [-0.4, -0.2) is 83.9 Å². The van der Waals surface area contributed by atoms with Gasteiger partial charge in [0, 0.05) is 25.3 Å². The molecule has 41 heavy (non-hydrogen) atoms. The van der Waals surface area contributed by atoms with Gasteiger partial charge in [-0.05, 0) is 36.3 Å². The van der Waals surface area contributed by atoms with E-state index in [1.807, 2.05) is 19.1 Å². The van der Waals surface area contributed by atoms with Crippen LogP contribution in [0.5, 0.6) is 0 Å². The van der Waals surface area contributed by atoms with Crippen molar-refractivity contribution in [1.29, 1.82) is 0 Å². The zero-order valence-corrected chi connectivity index (χ0v) is 24.0. The first kappa shape index (κ1) is 29.0. The van der Waals surface area contributed by atoms with Gasteiger partial charge in [-0.2, -0.15) is 0 Å². The van der Waals surface area contributed by atoms with Gasteiger partial charge in [-0.25, -0.2) is 4.79 Å². The lowest BCUT2D eigenvalue weighted by Crippen LogP contribution is -2.53. The number of carbonyl (C=O) groups excluding carboxylic acids is 4. The molecular weight excluding hydrogens is 528 g/mol. The average Bonchev–Trinajstić information content (AvgIpc) is 3.31. The van der Waals surface area contributed by atoms with Crippen LogP contribution in [0.2, 0.25) is 0 Å². The SMILES string of the molecule is CCC[C@H](NC(=O)[C@@H]1C[C@]2(CC(c3ccc(C(C)C)cc3)=NO2)CN1C(=O)O[C@H]1CCOC1)C(=O)C(=O)NC1CC1. The number of carbonyl (C=O) groups is 4. The minimum absolute atomic E-state index is 0.0271. The highest BCUT2D eigenvalue weighted by Gasteiger charge is 2.55. The molecule has 1 spiro atoms. The number of nitrogens with zero attached hydrogens (tertiary/aromatic N) is 2. The molecule has 3 heterocycles. The quantitative estimate of drug-likeness (QED) is 0.414. The Balaban J connectivity index is 1.31. The molecule has 0 radical (unpaired) electrons. The fraction of sp³-hybridized carbons (Fsp3) is 0.633. The van der Waals surface area contributed by atoms with E-state index in [4.69, 9.17) is 14.3 Å². The summed E-state index contributed by atoms with van der Waals surface area (Å²) in [5.41, 5.74) is 1.97. The molecule has 1 aromatic rings. The molecule has 0 bridgehead atoms. The highest BCUT2D eigenvalue weighted by Crippen LogP contribution is 2.39. The number of nitrogens with one attached hydrogen (secondary N) is 2. The summed E-state index contributed by atoms with van der Waals surface area (Å²) in [6, 6.07) is 6.23. The number of rotatable bonds is 10. The zero-order chi connectivity index (χ0) is 29.1. The molecule has 2 saturated heterocycles. The lowest BCUT2D eigenvalue weighted by molar-refractivity contribution is -0.140. The van der Waals surface area contributed by atoms with E-state index >= 15 is 0 Å². The Morgan fingerprint density at radius 2 is 1.90 bits per heavy atom. The Kier molecular flexibility index (Phi) is 8.63. The van der Waals surface area contributed by atoms with E-state index in [0.717, 1.165) is 24.1 Å². The number of Topliss-reactive ketones (excluding diaryl/α,β-unsaturated/α-hetero) is 1. The maximum atomic E-state index is 13.7. The number of hydrogen-bond acceptors (Lipinski definition) is 8. The Hall–Kier alpha value is -3.47. The molecule has 3 fully saturated rings. The molecular formula is C30H40N4O7. The number of oxime groups is 1. The van der Waals surface area contributed by atoms with Crippen LogP contribution in [0.25, 0.3) is 0 Å². The van der Waals surface area contributed by atoms with Gasteiger partial charge in [0.25, 0.3) is 5.91 Å². The monoisotopic (exact) mass is 568 g/mol. The summed E-state index contributed by atoms with van der Waals surface area (Å²) in [5, 5.41) is 9.82. The van der Waals surface area contributed by atoms with Crippen molar-refractivity contribution < 1.29 is 33.5 Å². The van der Waals surface area contributed by atoms with Crippen LogP contribution < -0.4 is 10.6 Å². The van der Waals surface area contributed by atoms with Crippen molar-refractivity contribution in [2.75, 3.05) is 19.8 Å². The third-order valence-electron chi connectivity index (χ3n) is 8.19. The second kappa shape index (κ2) is 12.2. The van der Waals surface area contributed by atoms with Crippen LogP contribution in [0.15, 0.2) is 29.4 Å². The van der Waals surface area contributed by atoms with Crippen molar-refractivity contribution in [2.24, 2.45) is 5.16 Å². The van der Waals surface area contributed by atoms with Crippen molar-refractivity contribution >= 4 is 29.4 Å². The number of likely N-dealkylation sites (tertiary alicyclic amines) is 1. The van der Waals surface area contributed by atoms with Crippen molar-refractivity contribution in [3.8, 4) is 0 Å². The Labute approximate surface area is 240 Å². The fourth-order valence-electron chi connectivity index (χ4n) is 5.59. The van der Waals surface area contributed by atoms with Crippen LogP contribution in [0.1, 0.15) is 82.8 Å². The molecule has 4 aliphatic rings. The first-order valence-electron chi connectivity index (χ1n) is 14.7. The Bertz CT molecular complexity index is 1190. The lowest BCUT2D eigenvalue weighted by Gasteiger charge is -2.26. The Morgan fingerprint density at radius 3 is 2.54 bits per heavy atom. The molecule has 3 amide bonds. The number of hydrogen-bond donors (Lipinski definition) is 2. The smallest absolute Gasteiger partial charge is 0.410 e. The molecule has 5 rings (SSSR count). The van der Waals surface area contributed by atoms with Crippen molar-refractivity contribution in [2.45, 2.75) is 101 Å². The van der Waals surface area contributed by atoms with Crippen LogP contribution in [0, 0.1) is 0 Å². The van der Waals surface area contributed by atoms with Crippen molar-refractivity contribution in [3.63, 3.8) is 0 Å². The highest BCUT2D eigenvalue weighted by molar-refractivity contribution is 6.38. The summed E-state index contributed by atoms with van der Waals surface area (Å²) in [6.45, 7) is 7.05. The zero-order valence-electron chi connectivity index (χ0n) is 24.0. The predicted octanol–water partition coefficient (Wildman–Crippen LogP) is 2.81. The molecule has 11 heteroatoms. The van der Waals surface area contributed by atoms with E-state index in [9.17, 15) is 19.2 Å². The summed E-state index contributed by atoms with van der Waals surface area (Å²) in [5.74, 6) is -1.48. The summed E-state index contributed by atoms with van der Waals surface area (Å²) in [4.78, 5) is 59.7. The predicted molar refractivity (Wildman–Crippen MR) is 149 cm³/mol. The van der Waals surface area contributed by atoms with Gasteiger partial charge in [0.2, 0.25) is 11.7 Å². The fourth-order valence-corrected chi connectivity index (χ4v) is 5.59. The van der Waals surface area contributed by atoms with E-state index in [1.165, 1.54) is 10.5 Å². The lowest BCUT2D eigenvalue weighted by atomic mass is 9.90. The van der Waals surface area contributed by atoms with Gasteiger partial charge in [0.05, 0.1) is 31.5 Å². The summed E-state index contributed by atoms with van der Waals surface area (Å²) >= 11 is 0. The molecule has 3 aliphatic heterocycles. The third-order valence-corrected chi connectivity index (χ3v) is 8.19. The van der Waals surface area contributed by atoms with E-state index in [1.54, 1.807) is 0 Å². The summed E-state index contributed by atoms with van der Waals surface area (Å²) in [7, 11) is 0. The van der Waals surface area contributed by atoms with E-state index < -0.39 is 41.4 Å². The number of ketones is 1. The van der Waals surface area contributed by atoms with Crippen molar-refractivity contribution in [1.82, 2.24) is 15.5 Å². The minimum Gasteiger partial charge on any atom is -0.444 e. The molecule has 4 atom stereocenters. The molecule has 11 nitrogen and oxygen atoms in total. The average molecular weight is 569 g/mol. The topological polar surface area (TPSA) is 136 Å². The number of amides is 3. The van der Waals surface area contributed by atoms with Crippen LogP contribution in [0.3, 0.4) is 0 Å². The van der Waals surface area contributed by atoms with E-state index in [0.29, 0.717) is 44.8 Å². The molecule has 1 saturated carbocycles. The maximum absolute atomic E-state index is 13.7. The second-order valence-electron chi connectivity index (χ2n) is 11.9. The normalized spacial score (nSPS) is 26.0.